The van der Waals surface area contributed by atoms with Crippen molar-refractivity contribution in [2.75, 3.05) is 12.0 Å². The topological polar surface area (TPSA) is 50.8 Å². The minimum Gasteiger partial charge on any atom is -0.497 e. The van der Waals surface area contributed by atoms with E-state index in [1.54, 1.807) is 12.0 Å². The van der Waals surface area contributed by atoms with Crippen LogP contribution in [0.15, 0.2) is 60.7 Å². The number of rotatable bonds is 2. The molecular formula is C22H20N2O3. The molecule has 3 aromatic rings. The van der Waals surface area contributed by atoms with Crippen molar-refractivity contribution in [3.8, 4) is 11.5 Å². The van der Waals surface area contributed by atoms with Gasteiger partial charge in [-0.1, -0.05) is 36.4 Å². The van der Waals surface area contributed by atoms with Crippen molar-refractivity contribution in [3.63, 3.8) is 0 Å². The van der Waals surface area contributed by atoms with Gasteiger partial charge in [0.25, 0.3) is 0 Å². The van der Waals surface area contributed by atoms with Crippen molar-refractivity contribution in [2.24, 2.45) is 0 Å². The number of methoxy groups -OCH3 is 1. The molecule has 0 spiro atoms. The normalized spacial score (nSPS) is 23.4. The van der Waals surface area contributed by atoms with Crippen molar-refractivity contribution in [1.82, 2.24) is 5.32 Å². The molecule has 2 bridgehead atoms. The number of urea groups is 1. The summed E-state index contributed by atoms with van der Waals surface area (Å²) < 4.78 is 11.8. The molecule has 0 aliphatic carbocycles. The minimum absolute atomic E-state index is 0.0841. The second-order valence-electron chi connectivity index (χ2n) is 7.22. The molecule has 2 aliphatic rings. The number of nitrogens with one attached hydrogen (secondary N) is 1. The summed E-state index contributed by atoms with van der Waals surface area (Å²) in [6, 6.07) is 19.5. The zero-order valence-electron chi connectivity index (χ0n) is 15.2. The molecule has 5 rings (SSSR count). The summed E-state index contributed by atoms with van der Waals surface area (Å²) in [5.41, 5.74) is 1.04. The van der Waals surface area contributed by atoms with Crippen molar-refractivity contribution in [3.05, 3.63) is 66.2 Å². The zero-order chi connectivity index (χ0) is 18.6. The van der Waals surface area contributed by atoms with Gasteiger partial charge in [0.1, 0.15) is 11.5 Å². The standard InChI is InChI=1S/C22H20N2O3/c1-22-13-18(20-17-9-4-3-6-14(17)10-11-19(20)27-22)23-21(25)24(22)15-7-5-8-16(12-15)26-2/h3-12,18H,13H2,1-2H3,(H,23,25). The monoisotopic (exact) mass is 360 g/mol. The van der Waals surface area contributed by atoms with Gasteiger partial charge < -0.3 is 14.8 Å². The maximum atomic E-state index is 13.1. The summed E-state index contributed by atoms with van der Waals surface area (Å²) in [5.74, 6) is 1.52. The lowest BCUT2D eigenvalue weighted by molar-refractivity contribution is 0.0385. The lowest BCUT2D eigenvalue weighted by Gasteiger charge is -2.50. The molecule has 2 unspecified atom stereocenters. The molecule has 2 amide bonds. The summed E-state index contributed by atoms with van der Waals surface area (Å²) in [4.78, 5) is 14.7. The van der Waals surface area contributed by atoms with Crippen molar-refractivity contribution >= 4 is 22.5 Å². The largest absolute Gasteiger partial charge is 0.497 e. The van der Waals surface area contributed by atoms with Gasteiger partial charge in [0.05, 0.1) is 18.8 Å². The fourth-order valence-corrected chi connectivity index (χ4v) is 4.31. The van der Waals surface area contributed by atoms with Gasteiger partial charge in [-0.25, -0.2) is 4.79 Å². The number of nitrogens with zero attached hydrogens (tertiary/aromatic N) is 1. The van der Waals surface area contributed by atoms with Crippen LogP contribution in [0, 0.1) is 0 Å². The van der Waals surface area contributed by atoms with E-state index in [2.05, 4.69) is 23.5 Å². The molecule has 1 saturated heterocycles. The highest BCUT2D eigenvalue weighted by atomic mass is 16.5. The number of carbonyl (C=O) groups excluding carboxylic acids is 1. The van der Waals surface area contributed by atoms with Crippen LogP contribution in [0.1, 0.15) is 24.9 Å². The minimum atomic E-state index is -0.769. The summed E-state index contributed by atoms with van der Waals surface area (Å²) in [6.07, 6.45) is 0.664. The molecular weight excluding hydrogens is 340 g/mol. The predicted molar refractivity (Wildman–Crippen MR) is 104 cm³/mol. The van der Waals surface area contributed by atoms with E-state index in [1.165, 1.54) is 0 Å². The Morgan fingerprint density at radius 3 is 2.85 bits per heavy atom. The average molecular weight is 360 g/mol. The first kappa shape index (κ1) is 16.0. The molecule has 2 heterocycles. The number of fused-ring (bicyclic) bond motifs is 6. The van der Waals surface area contributed by atoms with Crippen LogP contribution in [0.3, 0.4) is 0 Å². The highest BCUT2D eigenvalue weighted by Crippen LogP contribution is 2.48. The number of ether oxygens (including phenoxy) is 2. The molecule has 2 atom stereocenters. The Kier molecular flexibility index (Phi) is 3.34. The number of hydrogen-bond donors (Lipinski definition) is 1. The fraction of sp³-hybridized carbons (Fsp3) is 0.227. The fourth-order valence-electron chi connectivity index (χ4n) is 4.31. The number of hydrogen-bond acceptors (Lipinski definition) is 3. The number of carbonyl (C=O) groups is 1. The summed E-state index contributed by atoms with van der Waals surface area (Å²) >= 11 is 0. The first-order valence-electron chi connectivity index (χ1n) is 9.04. The van der Waals surface area contributed by atoms with E-state index in [4.69, 9.17) is 9.47 Å². The summed E-state index contributed by atoms with van der Waals surface area (Å²) in [7, 11) is 1.62. The maximum absolute atomic E-state index is 13.1. The Hall–Kier alpha value is -3.21. The second-order valence-corrected chi connectivity index (χ2v) is 7.22. The van der Waals surface area contributed by atoms with E-state index in [9.17, 15) is 4.79 Å². The molecule has 136 valence electrons. The Labute approximate surface area is 157 Å². The van der Waals surface area contributed by atoms with E-state index in [1.807, 2.05) is 49.4 Å². The molecule has 2 aliphatic heterocycles. The van der Waals surface area contributed by atoms with Crippen LogP contribution in [0.5, 0.6) is 11.5 Å². The van der Waals surface area contributed by atoms with Crippen LogP contribution in [0.25, 0.3) is 10.8 Å². The van der Waals surface area contributed by atoms with Crippen molar-refractivity contribution in [1.29, 1.82) is 0 Å². The van der Waals surface area contributed by atoms with Crippen LogP contribution in [-0.4, -0.2) is 18.9 Å². The maximum Gasteiger partial charge on any atom is 0.325 e. The Morgan fingerprint density at radius 2 is 2.00 bits per heavy atom. The van der Waals surface area contributed by atoms with Crippen molar-refractivity contribution < 1.29 is 14.3 Å². The molecule has 5 nitrogen and oxygen atoms in total. The van der Waals surface area contributed by atoms with Gasteiger partial charge in [-0.15, -0.1) is 0 Å². The first-order valence-corrected chi connectivity index (χ1v) is 9.04. The van der Waals surface area contributed by atoms with Gasteiger partial charge in [-0.05, 0) is 35.9 Å². The van der Waals surface area contributed by atoms with E-state index in [0.717, 1.165) is 27.8 Å². The smallest absolute Gasteiger partial charge is 0.325 e. The Morgan fingerprint density at radius 1 is 1.15 bits per heavy atom. The van der Waals surface area contributed by atoms with Crippen LogP contribution in [-0.2, 0) is 0 Å². The lowest BCUT2D eigenvalue weighted by Crippen LogP contribution is -2.65. The molecule has 3 aromatic carbocycles. The third kappa shape index (κ3) is 2.35. The van der Waals surface area contributed by atoms with Crippen molar-refractivity contribution in [2.45, 2.75) is 25.1 Å². The van der Waals surface area contributed by atoms with Gasteiger partial charge in [-0.2, -0.15) is 0 Å². The average Bonchev–Trinajstić information content (AvgIpc) is 2.67. The van der Waals surface area contributed by atoms with E-state index in [-0.39, 0.29) is 12.1 Å². The van der Waals surface area contributed by atoms with Gasteiger partial charge >= 0.3 is 6.03 Å². The Bertz CT molecular complexity index is 1060. The molecule has 27 heavy (non-hydrogen) atoms. The molecule has 1 fully saturated rings. The van der Waals surface area contributed by atoms with Gasteiger partial charge in [0.2, 0.25) is 0 Å². The number of anilines is 1. The quantitative estimate of drug-likeness (QED) is 0.726. The van der Waals surface area contributed by atoms with Gasteiger partial charge in [0, 0.05) is 18.1 Å². The lowest BCUT2D eigenvalue weighted by atomic mass is 9.87. The molecule has 0 aromatic heterocycles. The highest BCUT2D eigenvalue weighted by Gasteiger charge is 2.50. The zero-order valence-corrected chi connectivity index (χ0v) is 15.2. The number of benzene rings is 3. The van der Waals surface area contributed by atoms with E-state index in [0.29, 0.717) is 12.2 Å². The molecule has 1 N–H and O–H groups in total. The van der Waals surface area contributed by atoms with Gasteiger partial charge in [-0.3, -0.25) is 4.90 Å². The molecule has 5 heteroatoms. The number of amides is 2. The third-order valence-corrected chi connectivity index (χ3v) is 5.48. The summed E-state index contributed by atoms with van der Waals surface area (Å²) in [5, 5.41) is 5.44. The molecule has 0 radical (unpaired) electrons. The second kappa shape index (κ2) is 5.64. The first-order chi connectivity index (χ1) is 13.1. The van der Waals surface area contributed by atoms with Crippen LogP contribution < -0.4 is 19.7 Å². The van der Waals surface area contributed by atoms with E-state index < -0.39 is 5.72 Å². The summed E-state index contributed by atoms with van der Waals surface area (Å²) in [6.45, 7) is 1.97. The third-order valence-electron chi connectivity index (χ3n) is 5.48. The highest BCUT2D eigenvalue weighted by molar-refractivity contribution is 5.96. The SMILES string of the molecule is COc1cccc(N2C(=O)NC3CC2(C)Oc2ccc4ccccc4c23)c1. The van der Waals surface area contributed by atoms with Crippen LogP contribution >= 0.6 is 0 Å². The van der Waals surface area contributed by atoms with Crippen LogP contribution in [0.4, 0.5) is 10.5 Å². The Balaban J connectivity index is 1.64. The van der Waals surface area contributed by atoms with Crippen LogP contribution in [0.2, 0.25) is 0 Å². The van der Waals surface area contributed by atoms with Gasteiger partial charge in [0.15, 0.2) is 5.72 Å². The molecule has 0 saturated carbocycles. The van der Waals surface area contributed by atoms with E-state index >= 15 is 0 Å². The predicted octanol–water partition coefficient (Wildman–Crippen LogP) is 4.62.